The van der Waals surface area contributed by atoms with Crippen molar-refractivity contribution in [3.05, 3.63) is 22.4 Å². The van der Waals surface area contributed by atoms with E-state index < -0.39 is 0 Å². The van der Waals surface area contributed by atoms with Gasteiger partial charge in [-0.3, -0.25) is 9.69 Å². The number of fused-ring (bicyclic) bond motifs is 1. The van der Waals surface area contributed by atoms with Crippen LogP contribution in [0.5, 0.6) is 0 Å². The lowest BCUT2D eigenvalue weighted by molar-refractivity contribution is -0.132. The molecule has 1 saturated heterocycles. The van der Waals surface area contributed by atoms with Crippen molar-refractivity contribution in [2.75, 3.05) is 50.7 Å². The zero-order chi connectivity index (χ0) is 22.8. The molecule has 0 N–H and O–H groups in total. The second-order valence-corrected chi connectivity index (χ2v) is 9.47. The first-order chi connectivity index (χ1) is 14.7. The molecule has 0 saturated carbocycles. The molecule has 0 spiro atoms. The van der Waals surface area contributed by atoms with Gasteiger partial charge >= 0.3 is 0 Å². The van der Waals surface area contributed by atoms with Crippen LogP contribution in [0.2, 0.25) is 0 Å². The average Bonchev–Trinajstić information content (AvgIpc) is 2.73. The molecule has 1 aromatic heterocycles. The van der Waals surface area contributed by atoms with Crippen LogP contribution in [0.15, 0.2) is 0 Å². The first kappa shape index (κ1) is 23.5. The van der Waals surface area contributed by atoms with Crippen molar-refractivity contribution in [1.29, 1.82) is 5.26 Å². The SMILES string of the molecule is CCN(CC)C(=O)CN1CCN(c2nc(C(C)C)c3c(c2C#N)CC(C)(C)OC3)CC1. The molecule has 0 atom stereocenters. The Morgan fingerprint density at radius 1 is 1.19 bits per heavy atom. The Hall–Kier alpha value is -2.17. The van der Waals surface area contributed by atoms with E-state index in [1.54, 1.807) is 0 Å². The third-order valence-electron chi connectivity index (χ3n) is 6.44. The van der Waals surface area contributed by atoms with Gasteiger partial charge in [0.25, 0.3) is 0 Å². The van der Waals surface area contributed by atoms with E-state index in [4.69, 9.17) is 9.72 Å². The molecule has 1 fully saturated rings. The van der Waals surface area contributed by atoms with E-state index in [0.29, 0.717) is 18.7 Å². The molecule has 0 radical (unpaired) electrons. The standard InChI is InChI=1S/C24H37N5O2/c1-7-28(8-2)21(30)15-27-9-11-29(12-10-27)23-19(14-25)18-13-24(5,6)31-16-20(18)22(26-23)17(3)4/h17H,7-13,15-16H2,1-6H3. The highest BCUT2D eigenvalue weighted by atomic mass is 16.5. The van der Waals surface area contributed by atoms with Gasteiger partial charge in [-0.25, -0.2) is 4.98 Å². The Morgan fingerprint density at radius 3 is 2.39 bits per heavy atom. The van der Waals surface area contributed by atoms with E-state index in [2.05, 4.69) is 43.6 Å². The fraction of sp³-hybridized carbons (Fsp3) is 0.708. The predicted molar refractivity (Wildman–Crippen MR) is 122 cm³/mol. The van der Waals surface area contributed by atoms with Crippen LogP contribution >= 0.6 is 0 Å². The molecule has 1 amide bonds. The van der Waals surface area contributed by atoms with E-state index in [9.17, 15) is 10.1 Å². The van der Waals surface area contributed by atoms with Crippen molar-refractivity contribution in [2.45, 2.75) is 66.1 Å². The van der Waals surface area contributed by atoms with Crippen LogP contribution in [0.3, 0.4) is 0 Å². The summed E-state index contributed by atoms with van der Waals surface area (Å²) >= 11 is 0. The molecule has 0 aromatic carbocycles. The highest BCUT2D eigenvalue weighted by Gasteiger charge is 2.34. The number of hydrogen-bond acceptors (Lipinski definition) is 6. The van der Waals surface area contributed by atoms with Crippen LogP contribution in [0, 0.1) is 11.3 Å². The van der Waals surface area contributed by atoms with Crippen LogP contribution in [-0.2, 0) is 22.6 Å². The first-order valence-corrected chi connectivity index (χ1v) is 11.6. The monoisotopic (exact) mass is 427 g/mol. The minimum Gasteiger partial charge on any atom is -0.370 e. The molecule has 2 aliphatic heterocycles. The molecule has 7 heteroatoms. The number of nitrogens with zero attached hydrogens (tertiary/aromatic N) is 5. The molecule has 1 aromatic rings. The number of aromatic nitrogens is 1. The number of rotatable bonds is 6. The van der Waals surface area contributed by atoms with Crippen molar-refractivity contribution in [2.24, 2.45) is 0 Å². The zero-order valence-corrected chi connectivity index (χ0v) is 20.0. The Bertz CT molecular complexity index is 847. The van der Waals surface area contributed by atoms with Crippen molar-refractivity contribution in [3.63, 3.8) is 0 Å². The number of ether oxygens (including phenoxy) is 1. The summed E-state index contributed by atoms with van der Waals surface area (Å²) in [6.07, 6.45) is 0.721. The third-order valence-corrected chi connectivity index (χ3v) is 6.44. The topological polar surface area (TPSA) is 72.7 Å². The minimum absolute atomic E-state index is 0.187. The second kappa shape index (κ2) is 9.54. The smallest absolute Gasteiger partial charge is 0.236 e. The number of anilines is 1. The molecule has 31 heavy (non-hydrogen) atoms. The fourth-order valence-electron chi connectivity index (χ4n) is 4.59. The quantitative estimate of drug-likeness (QED) is 0.695. The van der Waals surface area contributed by atoms with E-state index in [0.717, 1.165) is 68.3 Å². The number of nitriles is 1. The third kappa shape index (κ3) is 5.02. The Balaban J connectivity index is 1.83. The highest BCUT2D eigenvalue weighted by Crippen LogP contribution is 2.37. The molecular weight excluding hydrogens is 390 g/mol. The van der Waals surface area contributed by atoms with Gasteiger partial charge in [0.1, 0.15) is 11.9 Å². The fourth-order valence-corrected chi connectivity index (χ4v) is 4.59. The van der Waals surface area contributed by atoms with Gasteiger partial charge in [0.05, 0.1) is 30.0 Å². The van der Waals surface area contributed by atoms with E-state index in [-0.39, 0.29) is 17.4 Å². The molecule has 2 aliphatic rings. The zero-order valence-electron chi connectivity index (χ0n) is 20.0. The van der Waals surface area contributed by atoms with Crippen LogP contribution in [0.1, 0.15) is 69.8 Å². The largest absolute Gasteiger partial charge is 0.370 e. The molecular formula is C24H37N5O2. The van der Waals surface area contributed by atoms with Crippen molar-refractivity contribution >= 4 is 11.7 Å². The van der Waals surface area contributed by atoms with Crippen LogP contribution in [0.4, 0.5) is 5.82 Å². The molecule has 7 nitrogen and oxygen atoms in total. The van der Waals surface area contributed by atoms with Crippen LogP contribution in [0.25, 0.3) is 0 Å². The lowest BCUT2D eigenvalue weighted by Crippen LogP contribution is -2.50. The lowest BCUT2D eigenvalue weighted by Gasteiger charge is -2.38. The van der Waals surface area contributed by atoms with Crippen LogP contribution in [-0.4, -0.2) is 72.1 Å². The predicted octanol–water partition coefficient (Wildman–Crippen LogP) is 2.92. The normalized spacial score (nSPS) is 18.6. The van der Waals surface area contributed by atoms with E-state index >= 15 is 0 Å². The van der Waals surface area contributed by atoms with E-state index in [1.165, 1.54) is 0 Å². The number of carbonyl (C=O) groups is 1. The van der Waals surface area contributed by atoms with Gasteiger partial charge in [-0.05, 0) is 39.2 Å². The first-order valence-electron chi connectivity index (χ1n) is 11.6. The summed E-state index contributed by atoms with van der Waals surface area (Å²) in [6.45, 7) is 18.1. The Labute approximate surface area is 187 Å². The molecule has 0 aliphatic carbocycles. The van der Waals surface area contributed by atoms with Gasteiger partial charge in [-0.2, -0.15) is 5.26 Å². The van der Waals surface area contributed by atoms with Crippen molar-refractivity contribution < 1.29 is 9.53 Å². The second-order valence-electron chi connectivity index (χ2n) is 9.47. The summed E-state index contributed by atoms with van der Waals surface area (Å²) in [4.78, 5) is 23.8. The van der Waals surface area contributed by atoms with Gasteiger partial charge in [-0.15, -0.1) is 0 Å². The Kier molecular flexibility index (Phi) is 7.23. The van der Waals surface area contributed by atoms with Crippen molar-refractivity contribution in [3.8, 4) is 6.07 Å². The number of amides is 1. The summed E-state index contributed by atoms with van der Waals surface area (Å²) in [5, 5.41) is 10.1. The van der Waals surface area contributed by atoms with Gasteiger partial charge in [-0.1, -0.05) is 13.8 Å². The summed E-state index contributed by atoms with van der Waals surface area (Å²) < 4.78 is 6.05. The van der Waals surface area contributed by atoms with Gasteiger partial charge in [0, 0.05) is 51.3 Å². The molecule has 0 bridgehead atoms. The van der Waals surface area contributed by atoms with Gasteiger partial charge < -0.3 is 14.5 Å². The summed E-state index contributed by atoms with van der Waals surface area (Å²) in [5.41, 5.74) is 3.65. The van der Waals surface area contributed by atoms with Crippen molar-refractivity contribution in [1.82, 2.24) is 14.8 Å². The van der Waals surface area contributed by atoms with Crippen LogP contribution < -0.4 is 4.90 Å². The van der Waals surface area contributed by atoms with E-state index in [1.807, 2.05) is 18.7 Å². The van der Waals surface area contributed by atoms with Gasteiger partial charge in [0.15, 0.2) is 0 Å². The maximum atomic E-state index is 12.5. The summed E-state index contributed by atoms with van der Waals surface area (Å²) in [5.74, 6) is 1.25. The Morgan fingerprint density at radius 2 is 1.84 bits per heavy atom. The maximum absolute atomic E-state index is 12.5. The molecule has 3 rings (SSSR count). The number of piperazine rings is 1. The number of pyridine rings is 1. The highest BCUT2D eigenvalue weighted by molar-refractivity contribution is 5.78. The number of carbonyl (C=O) groups excluding carboxylic acids is 1. The summed E-state index contributed by atoms with van der Waals surface area (Å²) in [6, 6.07) is 2.46. The maximum Gasteiger partial charge on any atom is 0.236 e. The molecule has 170 valence electrons. The number of likely N-dealkylation sites (N-methyl/N-ethyl adjacent to an activating group) is 1. The molecule has 3 heterocycles. The number of hydrogen-bond donors (Lipinski definition) is 0. The molecule has 0 unspecified atom stereocenters. The minimum atomic E-state index is -0.283. The average molecular weight is 428 g/mol. The lowest BCUT2D eigenvalue weighted by atomic mass is 9.86. The van der Waals surface area contributed by atoms with Gasteiger partial charge in [0.2, 0.25) is 5.91 Å². The summed E-state index contributed by atoms with van der Waals surface area (Å²) in [7, 11) is 0.